The zero-order valence-electron chi connectivity index (χ0n) is 16.1. The number of hydrogen-bond acceptors (Lipinski definition) is 3. The lowest BCUT2D eigenvalue weighted by Gasteiger charge is -2.37. The summed E-state index contributed by atoms with van der Waals surface area (Å²) in [5.41, 5.74) is 2.63. The number of benzene rings is 2. The van der Waals surface area contributed by atoms with Gasteiger partial charge in [0.15, 0.2) is 0 Å². The zero-order valence-corrected chi connectivity index (χ0v) is 17.6. The molecule has 0 aromatic heterocycles. The van der Waals surface area contributed by atoms with E-state index in [1.807, 2.05) is 24.3 Å². The molecule has 1 atom stereocenters. The summed E-state index contributed by atoms with van der Waals surface area (Å²) >= 11 is 6.27. The van der Waals surface area contributed by atoms with Gasteiger partial charge in [0, 0.05) is 19.0 Å². The van der Waals surface area contributed by atoms with Gasteiger partial charge in [0.25, 0.3) is 5.91 Å². The molecule has 1 saturated heterocycles. The number of nitrogens with one attached hydrogen (secondary N) is 2. The minimum absolute atomic E-state index is 0. The van der Waals surface area contributed by atoms with Gasteiger partial charge in [-0.2, -0.15) is 0 Å². The summed E-state index contributed by atoms with van der Waals surface area (Å²) in [6, 6.07) is 14.6. The van der Waals surface area contributed by atoms with Crippen LogP contribution in [0.4, 0.5) is 0 Å². The normalized spacial score (nSPS) is 19.1. The maximum Gasteiger partial charge on any atom is 0.256 e. The second-order valence-electron chi connectivity index (χ2n) is 7.43. The summed E-state index contributed by atoms with van der Waals surface area (Å²) in [4.78, 5) is 28.1. The number of amides is 2. The van der Waals surface area contributed by atoms with Crippen LogP contribution in [-0.2, 0) is 17.8 Å². The van der Waals surface area contributed by atoms with Gasteiger partial charge in [-0.05, 0) is 49.2 Å². The highest BCUT2D eigenvalue weighted by Crippen LogP contribution is 2.27. The molecule has 2 aromatic carbocycles. The lowest BCUT2D eigenvalue weighted by atomic mass is 9.92. The maximum absolute atomic E-state index is 13.3. The molecule has 1 unspecified atom stereocenters. The van der Waals surface area contributed by atoms with E-state index in [0.29, 0.717) is 23.6 Å². The van der Waals surface area contributed by atoms with Crippen molar-refractivity contribution in [1.82, 2.24) is 15.5 Å². The molecule has 7 heteroatoms. The predicted octanol–water partition coefficient (Wildman–Crippen LogP) is 3.20. The first kappa shape index (κ1) is 21.6. The molecule has 0 bridgehead atoms. The Balaban J connectivity index is 0.00000240. The van der Waals surface area contributed by atoms with Gasteiger partial charge in [-0.1, -0.05) is 48.0 Å². The van der Waals surface area contributed by atoms with E-state index in [0.717, 1.165) is 37.1 Å². The number of carbonyl (C=O) groups excluding carboxylic acids is 2. The number of nitrogens with zero attached hydrogens (tertiary/aromatic N) is 1. The van der Waals surface area contributed by atoms with Crippen molar-refractivity contribution in [3.8, 4) is 0 Å². The van der Waals surface area contributed by atoms with Gasteiger partial charge in [0.2, 0.25) is 5.91 Å². The molecule has 4 rings (SSSR count). The van der Waals surface area contributed by atoms with Gasteiger partial charge in [-0.3, -0.25) is 9.59 Å². The lowest BCUT2D eigenvalue weighted by Crippen LogP contribution is -2.55. The first-order valence-corrected chi connectivity index (χ1v) is 10.1. The Bertz CT molecular complexity index is 884. The van der Waals surface area contributed by atoms with Gasteiger partial charge in [-0.25, -0.2) is 0 Å². The third kappa shape index (κ3) is 4.74. The molecule has 0 spiro atoms. The van der Waals surface area contributed by atoms with Crippen molar-refractivity contribution >= 4 is 35.8 Å². The quantitative estimate of drug-likeness (QED) is 0.780. The van der Waals surface area contributed by atoms with Crippen LogP contribution in [0.2, 0.25) is 5.02 Å². The summed E-state index contributed by atoms with van der Waals surface area (Å²) < 4.78 is 0. The first-order chi connectivity index (χ1) is 13.6. The van der Waals surface area contributed by atoms with E-state index < -0.39 is 6.04 Å². The monoisotopic (exact) mass is 433 g/mol. The second-order valence-corrected chi connectivity index (χ2v) is 7.84. The van der Waals surface area contributed by atoms with Gasteiger partial charge in [-0.15, -0.1) is 12.4 Å². The summed E-state index contributed by atoms with van der Waals surface area (Å²) in [7, 11) is 0. The van der Waals surface area contributed by atoms with E-state index in [2.05, 4.69) is 10.6 Å². The third-order valence-corrected chi connectivity index (χ3v) is 5.93. The Morgan fingerprint density at radius 2 is 1.66 bits per heavy atom. The van der Waals surface area contributed by atoms with Crippen molar-refractivity contribution in [3.05, 3.63) is 70.2 Å². The van der Waals surface area contributed by atoms with Crippen molar-refractivity contribution in [2.24, 2.45) is 0 Å². The molecule has 0 aliphatic carbocycles. The number of halogens is 2. The van der Waals surface area contributed by atoms with Gasteiger partial charge in [0.05, 0.1) is 10.6 Å². The van der Waals surface area contributed by atoms with Crippen molar-refractivity contribution < 1.29 is 9.59 Å². The Morgan fingerprint density at radius 1 is 1.00 bits per heavy atom. The van der Waals surface area contributed by atoms with Crippen LogP contribution in [0.15, 0.2) is 48.5 Å². The highest BCUT2D eigenvalue weighted by atomic mass is 35.5. The number of carbonyl (C=O) groups is 2. The molecule has 154 valence electrons. The van der Waals surface area contributed by atoms with Crippen molar-refractivity contribution in [1.29, 1.82) is 0 Å². The van der Waals surface area contributed by atoms with Crippen LogP contribution < -0.4 is 10.6 Å². The van der Waals surface area contributed by atoms with Crippen molar-refractivity contribution in [2.75, 3.05) is 13.1 Å². The standard InChI is InChI=1S/C22H24ClN3O2.ClH/c23-19-8-4-3-7-18(19)22(28)26-14-16-6-2-1-5-15(16)13-20(26)21(27)25-17-9-11-24-12-10-17;/h1-8,17,20,24H,9-14H2,(H,25,27);1H. The Labute approximate surface area is 182 Å². The molecule has 2 N–H and O–H groups in total. The van der Waals surface area contributed by atoms with Crippen LogP contribution in [0.25, 0.3) is 0 Å². The Hall–Kier alpha value is -2.08. The molecule has 0 saturated carbocycles. The number of rotatable bonds is 3. The molecule has 2 aliphatic rings. The number of piperidine rings is 1. The highest BCUT2D eigenvalue weighted by Gasteiger charge is 2.36. The Kier molecular flexibility index (Phi) is 7.17. The van der Waals surface area contributed by atoms with E-state index >= 15 is 0 Å². The average Bonchev–Trinajstić information content (AvgIpc) is 2.73. The third-order valence-electron chi connectivity index (χ3n) is 5.60. The van der Waals surface area contributed by atoms with Crippen LogP contribution in [0.1, 0.15) is 34.3 Å². The average molecular weight is 434 g/mol. The molecule has 2 aromatic rings. The summed E-state index contributed by atoms with van der Waals surface area (Å²) in [6.07, 6.45) is 2.34. The minimum atomic E-state index is -0.534. The summed E-state index contributed by atoms with van der Waals surface area (Å²) in [6.45, 7) is 2.21. The van der Waals surface area contributed by atoms with E-state index in [-0.39, 0.29) is 30.3 Å². The second kappa shape index (κ2) is 9.61. The van der Waals surface area contributed by atoms with Crippen LogP contribution >= 0.6 is 24.0 Å². The smallest absolute Gasteiger partial charge is 0.256 e. The SMILES string of the molecule is Cl.O=C(NC1CCNCC1)C1Cc2ccccc2CN1C(=O)c1ccccc1Cl. The fraction of sp³-hybridized carbons (Fsp3) is 0.364. The fourth-order valence-corrected chi connectivity index (χ4v) is 4.24. The number of hydrogen-bond donors (Lipinski definition) is 2. The van der Waals surface area contributed by atoms with Crippen LogP contribution in [0, 0.1) is 0 Å². The molecule has 0 radical (unpaired) electrons. The van der Waals surface area contributed by atoms with E-state index in [9.17, 15) is 9.59 Å². The molecule has 2 aliphatic heterocycles. The molecule has 2 heterocycles. The molecular weight excluding hydrogens is 409 g/mol. The maximum atomic E-state index is 13.3. The predicted molar refractivity (Wildman–Crippen MR) is 117 cm³/mol. The van der Waals surface area contributed by atoms with Crippen LogP contribution in [0.5, 0.6) is 0 Å². The molecular formula is C22H25Cl2N3O2. The number of fused-ring (bicyclic) bond motifs is 1. The van der Waals surface area contributed by atoms with Gasteiger partial charge >= 0.3 is 0 Å². The van der Waals surface area contributed by atoms with E-state index in [1.54, 1.807) is 29.2 Å². The highest BCUT2D eigenvalue weighted by molar-refractivity contribution is 6.33. The minimum Gasteiger partial charge on any atom is -0.351 e. The summed E-state index contributed by atoms with van der Waals surface area (Å²) in [5.74, 6) is -0.285. The zero-order chi connectivity index (χ0) is 19.5. The first-order valence-electron chi connectivity index (χ1n) is 9.77. The van der Waals surface area contributed by atoms with Gasteiger partial charge < -0.3 is 15.5 Å². The summed E-state index contributed by atoms with van der Waals surface area (Å²) in [5, 5.41) is 6.88. The molecule has 2 amide bonds. The van der Waals surface area contributed by atoms with E-state index in [4.69, 9.17) is 11.6 Å². The Morgan fingerprint density at radius 3 is 2.38 bits per heavy atom. The molecule has 29 heavy (non-hydrogen) atoms. The fourth-order valence-electron chi connectivity index (χ4n) is 4.02. The van der Waals surface area contributed by atoms with Gasteiger partial charge in [0.1, 0.15) is 6.04 Å². The van der Waals surface area contributed by atoms with Crippen molar-refractivity contribution in [2.45, 2.75) is 37.9 Å². The topological polar surface area (TPSA) is 61.4 Å². The van der Waals surface area contributed by atoms with Crippen LogP contribution in [0.3, 0.4) is 0 Å². The lowest BCUT2D eigenvalue weighted by molar-refractivity contribution is -0.127. The molecule has 5 nitrogen and oxygen atoms in total. The van der Waals surface area contributed by atoms with Crippen molar-refractivity contribution in [3.63, 3.8) is 0 Å². The van der Waals surface area contributed by atoms with Crippen LogP contribution in [-0.4, -0.2) is 41.9 Å². The largest absolute Gasteiger partial charge is 0.351 e. The molecule has 1 fully saturated rings. The van der Waals surface area contributed by atoms with E-state index in [1.165, 1.54) is 0 Å².